The number of carbonyl (C=O) groups excluding carboxylic acids is 1. The molecule has 1 atom stereocenters. The molecule has 2 rings (SSSR count). The minimum absolute atomic E-state index is 0.0410. The first-order valence-electron chi connectivity index (χ1n) is 8.14. The fraction of sp³-hybridized carbons (Fsp3) is 0.444. The summed E-state index contributed by atoms with van der Waals surface area (Å²) in [5.74, 6) is 0.884. The predicted octanol–water partition coefficient (Wildman–Crippen LogP) is 3.03. The van der Waals surface area contributed by atoms with Gasteiger partial charge in [-0.05, 0) is 38.0 Å². The van der Waals surface area contributed by atoms with Crippen molar-refractivity contribution in [1.82, 2.24) is 20.0 Å². The molecular formula is C18H26N4O2. The quantitative estimate of drug-likeness (QED) is 0.885. The molecule has 0 aliphatic rings. The summed E-state index contributed by atoms with van der Waals surface area (Å²) < 4.78 is 7.27. The number of hydrogen-bond donors (Lipinski definition) is 1. The molecule has 0 saturated carbocycles. The average Bonchev–Trinajstić information content (AvgIpc) is 3.00. The maximum atomic E-state index is 12.4. The van der Waals surface area contributed by atoms with Crippen LogP contribution in [0.1, 0.15) is 36.6 Å². The van der Waals surface area contributed by atoms with Gasteiger partial charge in [-0.25, -0.2) is 4.79 Å². The van der Waals surface area contributed by atoms with E-state index in [4.69, 9.17) is 4.74 Å². The number of aromatic nitrogens is 2. The molecule has 1 heterocycles. The lowest BCUT2D eigenvalue weighted by atomic mass is 10.1. The number of ether oxygens (including phenoxy) is 1. The van der Waals surface area contributed by atoms with Crippen LogP contribution >= 0.6 is 0 Å². The number of hydrogen-bond acceptors (Lipinski definition) is 3. The molecule has 6 heteroatoms. The number of benzene rings is 1. The summed E-state index contributed by atoms with van der Waals surface area (Å²) in [7, 11) is 3.65. The summed E-state index contributed by atoms with van der Waals surface area (Å²) in [4.78, 5) is 14.0. The van der Waals surface area contributed by atoms with E-state index >= 15 is 0 Å². The van der Waals surface area contributed by atoms with Gasteiger partial charge in [0.15, 0.2) is 0 Å². The van der Waals surface area contributed by atoms with Crippen LogP contribution in [0.3, 0.4) is 0 Å². The first-order valence-corrected chi connectivity index (χ1v) is 8.14. The van der Waals surface area contributed by atoms with Crippen molar-refractivity contribution in [3.05, 3.63) is 47.3 Å². The van der Waals surface area contributed by atoms with Crippen molar-refractivity contribution in [2.24, 2.45) is 7.05 Å². The van der Waals surface area contributed by atoms with Gasteiger partial charge in [-0.1, -0.05) is 12.1 Å². The highest BCUT2D eigenvalue weighted by molar-refractivity contribution is 5.74. The Balaban J connectivity index is 1.93. The second-order valence-corrected chi connectivity index (χ2v) is 5.93. The van der Waals surface area contributed by atoms with Gasteiger partial charge in [-0.15, -0.1) is 0 Å². The van der Waals surface area contributed by atoms with E-state index in [-0.39, 0.29) is 12.1 Å². The van der Waals surface area contributed by atoms with Crippen molar-refractivity contribution < 1.29 is 9.53 Å². The lowest BCUT2D eigenvalue weighted by Gasteiger charge is -2.24. The number of rotatable bonds is 6. The van der Waals surface area contributed by atoms with Gasteiger partial charge in [0.25, 0.3) is 0 Å². The van der Waals surface area contributed by atoms with Crippen molar-refractivity contribution >= 4 is 6.03 Å². The Kier molecular flexibility index (Phi) is 5.84. The molecule has 0 spiro atoms. The molecule has 130 valence electrons. The second kappa shape index (κ2) is 7.86. The van der Waals surface area contributed by atoms with E-state index in [1.807, 2.05) is 52.2 Å². The maximum absolute atomic E-state index is 12.4. The van der Waals surface area contributed by atoms with Crippen molar-refractivity contribution in [3.63, 3.8) is 0 Å². The number of nitrogens with one attached hydrogen (secondary N) is 1. The van der Waals surface area contributed by atoms with Gasteiger partial charge in [-0.2, -0.15) is 5.10 Å². The molecule has 0 aliphatic heterocycles. The third-order valence-electron chi connectivity index (χ3n) is 4.09. The molecule has 0 aliphatic carbocycles. The van der Waals surface area contributed by atoms with E-state index in [2.05, 4.69) is 10.4 Å². The molecule has 2 aromatic rings. The second-order valence-electron chi connectivity index (χ2n) is 5.93. The van der Waals surface area contributed by atoms with Crippen molar-refractivity contribution in [2.45, 2.75) is 33.4 Å². The summed E-state index contributed by atoms with van der Waals surface area (Å²) in [5.41, 5.74) is 3.12. The minimum atomic E-state index is -0.113. The SMILES string of the molecule is CCOc1ccc(CNC(=O)N(C)[C@H](C)c2cnn(C)c2)cc1C. The summed E-state index contributed by atoms with van der Waals surface area (Å²) in [6.07, 6.45) is 3.70. The summed E-state index contributed by atoms with van der Waals surface area (Å²) >= 11 is 0. The molecule has 1 aromatic heterocycles. The highest BCUT2D eigenvalue weighted by Crippen LogP contribution is 2.20. The molecule has 0 saturated heterocycles. The van der Waals surface area contributed by atoms with Crippen LogP contribution in [0.4, 0.5) is 4.79 Å². The molecule has 6 nitrogen and oxygen atoms in total. The van der Waals surface area contributed by atoms with Crippen LogP contribution < -0.4 is 10.1 Å². The van der Waals surface area contributed by atoms with Gasteiger partial charge in [0.05, 0.1) is 18.8 Å². The molecular weight excluding hydrogens is 304 g/mol. The lowest BCUT2D eigenvalue weighted by Crippen LogP contribution is -2.38. The first-order chi connectivity index (χ1) is 11.4. The van der Waals surface area contributed by atoms with E-state index in [0.29, 0.717) is 13.2 Å². The largest absolute Gasteiger partial charge is 0.494 e. The van der Waals surface area contributed by atoms with Crippen LogP contribution in [0.5, 0.6) is 5.75 Å². The van der Waals surface area contributed by atoms with Crippen LogP contribution in [0, 0.1) is 6.92 Å². The average molecular weight is 330 g/mol. The molecule has 0 bridgehead atoms. The van der Waals surface area contributed by atoms with E-state index < -0.39 is 0 Å². The van der Waals surface area contributed by atoms with Crippen molar-refractivity contribution in [3.8, 4) is 5.75 Å². The Hall–Kier alpha value is -2.50. The molecule has 0 fully saturated rings. The van der Waals surface area contributed by atoms with E-state index in [0.717, 1.165) is 22.4 Å². The molecule has 2 amide bonds. The van der Waals surface area contributed by atoms with E-state index in [1.165, 1.54) is 0 Å². The van der Waals surface area contributed by atoms with Crippen LogP contribution in [-0.4, -0.2) is 34.4 Å². The van der Waals surface area contributed by atoms with Crippen LogP contribution in [0.15, 0.2) is 30.6 Å². The molecule has 0 unspecified atom stereocenters. The zero-order valence-electron chi connectivity index (χ0n) is 15.0. The Morgan fingerprint density at radius 3 is 2.79 bits per heavy atom. The Morgan fingerprint density at radius 2 is 2.21 bits per heavy atom. The minimum Gasteiger partial charge on any atom is -0.494 e. The monoisotopic (exact) mass is 330 g/mol. The third-order valence-corrected chi connectivity index (χ3v) is 4.09. The van der Waals surface area contributed by atoms with Crippen LogP contribution in [-0.2, 0) is 13.6 Å². The van der Waals surface area contributed by atoms with Crippen LogP contribution in [0.2, 0.25) is 0 Å². The van der Waals surface area contributed by atoms with Gasteiger partial charge in [0, 0.05) is 32.4 Å². The first kappa shape index (κ1) is 17.8. The fourth-order valence-corrected chi connectivity index (χ4v) is 2.50. The Bertz CT molecular complexity index is 696. The topological polar surface area (TPSA) is 59.4 Å². The van der Waals surface area contributed by atoms with Crippen molar-refractivity contribution in [2.75, 3.05) is 13.7 Å². The predicted molar refractivity (Wildman–Crippen MR) is 94.0 cm³/mol. The smallest absolute Gasteiger partial charge is 0.317 e. The van der Waals surface area contributed by atoms with E-state index in [9.17, 15) is 4.79 Å². The highest BCUT2D eigenvalue weighted by Gasteiger charge is 2.18. The molecule has 24 heavy (non-hydrogen) atoms. The van der Waals surface area contributed by atoms with Crippen molar-refractivity contribution in [1.29, 1.82) is 0 Å². The Labute approximate surface area is 143 Å². The molecule has 0 radical (unpaired) electrons. The number of carbonyl (C=O) groups is 1. The van der Waals surface area contributed by atoms with Crippen LogP contribution in [0.25, 0.3) is 0 Å². The lowest BCUT2D eigenvalue weighted by molar-refractivity contribution is 0.194. The van der Waals surface area contributed by atoms with Gasteiger partial charge in [0.2, 0.25) is 0 Å². The third kappa shape index (κ3) is 4.28. The van der Waals surface area contributed by atoms with Gasteiger partial charge < -0.3 is 15.0 Å². The zero-order valence-corrected chi connectivity index (χ0v) is 15.0. The highest BCUT2D eigenvalue weighted by atomic mass is 16.5. The summed E-state index contributed by atoms with van der Waals surface area (Å²) in [5, 5.41) is 7.11. The number of amides is 2. The molecule has 1 N–H and O–H groups in total. The summed E-state index contributed by atoms with van der Waals surface area (Å²) in [6, 6.07) is 5.81. The Morgan fingerprint density at radius 1 is 1.46 bits per heavy atom. The van der Waals surface area contributed by atoms with E-state index in [1.54, 1.807) is 22.8 Å². The zero-order chi connectivity index (χ0) is 17.7. The number of nitrogens with zero attached hydrogens (tertiary/aromatic N) is 3. The standard InChI is InChI=1S/C18H26N4O2/c1-6-24-17-8-7-15(9-13(17)2)10-19-18(23)22(5)14(3)16-11-20-21(4)12-16/h7-9,11-12,14H,6,10H2,1-5H3,(H,19,23)/t14-/m1/s1. The molecule has 1 aromatic carbocycles. The number of urea groups is 1. The number of aryl methyl sites for hydroxylation is 2. The fourth-order valence-electron chi connectivity index (χ4n) is 2.50. The normalized spacial score (nSPS) is 11.9. The van der Waals surface area contributed by atoms with Gasteiger partial charge >= 0.3 is 6.03 Å². The van der Waals surface area contributed by atoms with Gasteiger partial charge in [0.1, 0.15) is 5.75 Å². The maximum Gasteiger partial charge on any atom is 0.317 e. The summed E-state index contributed by atoms with van der Waals surface area (Å²) in [6.45, 7) is 7.08. The van der Waals surface area contributed by atoms with Gasteiger partial charge in [-0.3, -0.25) is 4.68 Å².